The molecule has 0 aliphatic heterocycles. The second-order valence-corrected chi connectivity index (χ2v) is 3.59. The van der Waals surface area contributed by atoms with Crippen LogP contribution in [-0.2, 0) is 13.6 Å². The molecule has 3 nitrogen and oxygen atoms in total. The largest absolute Gasteiger partial charge is 0.310 e. The molecule has 13 heavy (non-hydrogen) atoms. The molecule has 0 aromatic carbocycles. The van der Waals surface area contributed by atoms with Crippen LogP contribution < -0.4 is 5.32 Å². The summed E-state index contributed by atoms with van der Waals surface area (Å²) < 4.78 is 1.83. The Morgan fingerprint density at radius 3 is 2.92 bits per heavy atom. The normalized spacial score (nSPS) is 13.2. The first kappa shape index (κ1) is 10.3. The molecular weight excluding hydrogens is 162 g/mol. The Morgan fingerprint density at radius 2 is 2.38 bits per heavy atom. The van der Waals surface area contributed by atoms with Gasteiger partial charge in [-0.1, -0.05) is 13.3 Å². The third-order valence-electron chi connectivity index (χ3n) is 2.13. The number of nitrogens with zero attached hydrogens (tertiary/aromatic N) is 2. The van der Waals surface area contributed by atoms with Crippen LogP contribution >= 0.6 is 0 Å². The molecule has 0 bridgehead atoms. The lowest BCUT2D eigenvalue weighted by molar-refractivity contribution is 0.508. The van der Waals surface area contributed by atoms with Crippen molar-refractivity contribution in [1.82, 2.24) is 15.1 Å². The minimum atomic E-state index is 0.602. The molecule has 0 amide bonds. The Hall–Kier alpha value is -0.830. The Balaban J connectivity index is 2.26. The van der Waals surface area contributed by atoms with Crippen molar-refractivity contribution in [3.05, 3.63) is 18.0 Å². The van der Waals surface area contributed by atoms with Crippen molar-refractivity contribution in [2.75, 3.05) is 0 Å². The van der Waals surface area contributed by atoms with Crippen LogP contribution in [0.15, 0.2) is 12.4 Å². The van der Waals surface area contributed by atoms with Gasteiger partial charge in [-0.05, 0) is 13.3 Å². The van der Waals surface area contributed by atoms with E-state index in [2.05, 4.69) is 24.3 Å². The number of aryl methyl sites for hydroxylation is 1. The third kappa shape index (κ3) is 3.59. The number of nitrogens with one attached hydrogen (secondary N) is 1. The standard InChI is InChI=1S/C10H19N3/c1-4-5-9(2)11-6-10-7-12-13(3)8-10/h7-9,11H,4-6H2,1-3H3. The molecule has 0 spiro atoms. The topological polar surface area (TPSA) is 29.9 Å². The van der Waals surface area contributed by atoms with Crippen molar-refractivity contribution in [2.45, 2.75) is 39.3 Å². The fourth-order valence-corrected chi connectivity index (χ4v) is 1.39. The molecule has 0 saturated heterocycles. The zero-order chi connectivity index (χ0) is 9.68. The molecule has 74 valence electrons. The molecule has 1 rings (SSSR count). The maximum atomic E-state index is 4.12. The first-order valence-electron chi connectivity index (χ1n) is 4.93. The van der Waals surface area contributed by atoms with Crippen LogP contribution in [0.2, 0.25) is 0 Å². The highest BCUT2D eigenvalue weighted by Gasteiger charge is 2.00. The highest BCUT2D eigenvalue weighted by Crippen LogP contribution is 1.99. The molecule has 0 aliphatic rings. The molecule has 1 heterocycles. The highest BCUT2D eigenvalue weighted by atomic mass is 15.2. The number of hydrogen-bond acceptors (Lipinski definition) is 2. The quantitative estimate of drug-likeness (QED) is 0.749. The van der Waals surface area contributed by atoms with Crippen LogP contribution in [-0.4, -0.2) is 15.8 Å². The summed E-state index contributed by atoms with van der Waals surface area (Å²) in [5.41, 5.74) is 1.26. The van der Waals surface area contributed by atoms with E-state index in [1.165, 1.54) is 18.4 Å². The molecule has 0 saturated carbocycles. The summed E-state index contributed by atoms with van der Waals surface area (Å²) >= 11 is 0. The van der Waals surface area contributed by atoms with Gasteiger partial charge in [0, 0.05) is 31.4 Å². The Bertz CT molecular complexity index is 242. The van der Waals surface area contributed by atoms with Crippen molar-refractivity contribution < 1.29 is 0 Å². The van der Waals surface area contributed by atoms with Crippen LogP contribution in [0.3, 0.4) is 0 Å². The molecule has 1 atom stereocenters. The predicted octanol–water partition coefficient (Wildman–Crippen LogP) is 1.70. The molecule has 1 unspecified atom stereocenters. The van der Waals surface area contributed by atoms with E-state index in [9.17, 15) is 0 Å². The molecule has 0 aliphatic carbocycles. The van der Waals surface area contributed by atoms with Crippen LogP contribution in [0.25, 0.3) is 0 Å². The van der Waals surface area contributed by atoms with Crippen LogP contribution in [0.5, 0.6) is 0 Å². The van der Waals surface area contributed by atoms with Gasteiger partial charge in [0.05, 0.1) is 6.20 Å². The average molecular weight is 181 g/mol. The summed E-state index contributed by atoms with van der Waals surface area (Å²) in [6.45, 7) is 5.36. The van der Waals surface area contributed by atoms with Crippen molar-refractivity contribution >= 4 is 0 Å². The van der Waals surface area contributed by atoms with Gasteiger partial charge in [-0.15, -0.1) is 0 Å². The van der Waals surface area contributed by atoms with Crippen molar-refractivity contribution in [2.24, 2.45) is 7.05 Å². The van der Waals surface area contributed by atoms with Gasteiger partial charge in [0.25, 0.3) is 0 Å². The molecule has 1 aromatic heterocycles. The Kier molecular flexibility index (Phi) is 3.96. The fraction of sp³-hybridized carbons (Fsp3) is 0.700. The Labute approximate surface area is 80.1 Å². The molecule has 1 N–H and O–H groups in total. The third-order valence-corrected chi connectivity index (χ3v) is 2.13. The Morgan fingerprint density at radius 1 is 1.62 bits per heavy atom. The van der Waals surface area contributed by atoms with Gasteiger partial charge < -0.3 is 5.32 Å². The van der Waals surface area contributed by atoms with Crippen LogP contribution in [0.1, 0.15) is 32.3 Å². The zero-order valence-electron chi connectivity index (χ0n) is 8.75. The van der Waals surface area contributed by atoms with Crippen LogP contribution in [0, 0.1) is 0 Å². The first-order chi connectivity index (χ1) is 6.22. The number of rotatable bonds is 5. The maximum absolute atomic E-state index is 4.12. The summed E-state index contributed by atoms with van der Waals surface area (Å²) in [5, 5.41) is 7.58. The van der Waals surface area contributed by atoms with Crippen molar-refractivity contribution in [1.29, 1.82) is 0 Å². The van der Waals surface area contributed by atoms with E-state index in [1.807, 2.05) is 24.1 Å². The van der Waals surface area contributed by atoms with E-state index < -0.39 is 0 Å². The van der Waals surface area contributed by atoms with E-state index in [0.717, 1.165) is 6.54 Å². The van der Waals surface area contributed by atoms with Gasteiger partial charge in [-0.25, -0.2) is 0 Å². The number of aromatic nitrogens is 2. The van der Waals surface area contributed by atoms with Gasteiger partial charge >= 0.3 is 0 Å². The lowest BCUT2D eigenvalue weighted by atomic mass is 10.2. The van der Waals surface area contributed by atoms with E-state index in [1.54, 1.807) is 0 Å². The van der Waals surface area contributed by atoms with E-state index in [4.69, 9.17) is 0 Å². The number of hydrogen-bond donors (Lipinski definition) is 1. The monoisotopic (exact) mass is 181 g/mol. The summed E-state index contributed by atoms with van der Waals surface area (Å²) in [6.07, 6.45) is 6.43. The first-order valence-corrected chi connectivity index (χ1v) is 4.93. The SMILES string of the molecule is CCCC(C)NCc1cnn(C)c1. The maximum Gasteiger partial charge on any atom is 0.0534 e. The highest BCUT2D eigenvalue weighted by molar-refractivity contribution is 5.02. The molecule has 1 aromatic rings. The lowest BCUT2D eigenvalue weighted by Crippen LogP contribution is -2.24. The van der Waals surface area contributed by atoms with Crippen molar-refractivity contribution in [3.8, 4) is 0 Å². The summed E-state index contributed by atoms with van der Waals surface area (Å²) in [6, 6.07) is 0.602. The van der Waals surface area contributed by atoms with Crippen molar-refractivity contribution in [3.63, 3.8) is 0 Å². The second-order valence-electron chi connectivity index (χ2n) is 3.59. The van der Waals surface area contributed by atoms with Gasteiger partial charge in [-0.2, -0.15) is 5.10 Å². The van der Waals surface area contributed by atoms with Crippen LogP contribution in [0.4, 0.5) is 0 Å². The second kappa shape index (κ2) is 5.02. The molecular formula is C10H19N3. The van der Waals surface area contributed by atoms with Gasteiger partial charge in [0.15, 0.2) is 0 Å². The average Bonchev–Trinajstić information content (AvgIpc) is 2.49. The summed E-state index contributed by atoms with van der Waals surface area (Å²) in [7, 11) is 1.94. The predicted molar refractivity (Wildman–Crippen MR) is 54.4 cm³/mol. The van der Waals surface area contributed by atoms with Gasteiger partial charge in [0.1, 0.15) is 0 Å². The smallest absolute Gasteiger partial charge is 0.0534 e. The van der Waals surface area contributed by atoms with Gasteiger partial charge in [-0.3, -0.25) is 4.68 Å². The molecule has 0 fully saturated rings. The van der Waals surface area contributed by atoms with E-state index >= 15 is 0 Å². The fourth-order valence-electron chi connectivity index (χ4n) is 1.39. The summed E-state index contributed by atoms with van der Waals surface area (Å²) in [5.74, 6) is 0. The van der Waals surface area contributed by atoms with E-state index in [-0.39, 0.29) is 0 Å². The molecule has 3 heteroatoms. The zero-order valence-corrected chi connectivity index (χ0v) is 8.75. The van der Waals surface area contributed by atoms with Gasteiger partial charge in [0.2, 0.25) is 0 Å². The summed E-state index contributed by atoms with van der Waals surface area (Å²) in [4.78, 5) is 0. The minimum absolute atomic E-state index is 0.602. The molecule has 0 radical (unpaired) electrons. The van der Waals surface area contributed by atoms with E-state index in [0.29, 0.717) is 6.04 Å². The minimum Gasteiger partial charge on any atom is -0.310 e. The lowest BCUT2D eigenvalue weighted by Gasteiger charge is -2.10.